The van der Waals surface area contributed by atoms with Crippen molar-refractivity contribution >= 4 is 5.91 Å². The zero-order chi connectivity index (χ0) is 11.0. The molecule has 3 nitrogen and oxygen atoms in total. The summed E-state index contributed by atoms with van der Waals surface area (Å²) in [5, 5.41) is 0. The van der Waals surface area contributed by atoms with E-state index in [2.05, 4.69) is 0 Å². The highest BCUT2D eigenvalue weighted by molar-refractivity contribution is 5.88. The molecule has 2 atom stereocenters. The van der Waals surface area contributed by atoms with E-state index in [1.165, 1.54) is 12.1 Å². The number of hydrogen-bond acceptors (Lipinski definition) is 2. The van der Waals surface area contributed by atoms with Crippen LogP contribution in [-0.4, -0.2) is 23.4 Å². The molecule has 1 aromatic rings. The average Bonchev–Trinajstić information content (AvgIpc) is 2.25. The molecule has 80 valence electrons. The SMILES string of the molecule is CC(c1ccc(F)cc1)N1CC(N)C1=O. The molecule has 1 aliphatic heterocycles. The maximum absolute atomic E-state index is 12.7. The number of benzene rings is 1. The molecule has 1 fully saturated rings. The van der Waals surface area contributed by atoms with Gasteiger partial charge in [-0.25, -0.2) is 4.39 Å². The van der Waals surface area contributed by atoms with Crippen LogP contribution in [0.15, 0.2) is 24.3 Å². The molecular formula is C11H13FN2O. The van der Waals surface area contributed by atoms with Crippen LogP contribution in [-0.2, 0) is 4.79 Å². The maximum atomic E-state index is 12.7. The average molecular weight is 208 g/mol. The molecule has 2 N–H and O–H groups in total. The summed E-state index contributed by atoms with van der Waals surface area (Å²) < 4.78 is 12.7. The van der Waals surface area contributed by atoms with Gasteiger partial charge in [0.05, 0.1) is 6.04 Å². The topological polar surface area (TPSA) is 46.3 Å². The molecular weight excluding hydrogens is 195 g/mol. The van der Waals surface area contributed by atoms with Gasteiger partial charge in [0.15, 0.2) is 0 Å². The Morgan fingerprint density at radius 1 is 1.47 bits per heavy atom. The second-order valence-corrected chi connectivity index (χ2v) is 3.82. The van der Waals surface area contributed by atoms with Crippen LogP contribution in [0.3, 0.4) is 0 Å². The molecule has 2 unspecified atom stereocenters. The first-order valence-corrected chi connectivity index (χ1v) is 4.91. The fourth-order valence-corrected chi connectivity index (χ4v) is 1.75. The van der Waals surface area contributed by atoms with Crippen LogP contribution in [0, 0.1) is 5.82 Å². The quantitative estimate of drug-likeness (QED) is 0.738. The molecule has 1 aromatic carbocycles. The first-order chi connectivity index (χ1) is 7.09. The van der Waals surface area contributed by atoms with Crippen molar-refractivity contribution in [2.75, 3.05) is 6.54 Å². The van der Waals surface area contributed by atoms with Crippen LogP contribution < -0.4 is 5.73 Å². The molecule has 0 radical (unpaired) electrons. The lowest BCUT2D eigenvalue weighted by Crippen LogP contribution is -2.61. The smallest absolute Gasteiger partial charge is 0.241 e. The van der Waals surface area contributed by atoms with Crippen LogP contribution in [0.5, 0.6) is 0 Å². The number of carbonyl (C=O) groups is 1. The molecule has 2 rings (SSSR count). The summed E-state index contributed by atoms with van der Waals surface area (Å²) in [6.07, 6.45) is 0. The van der Waals surface area contributed by atoms with Gasteiger partial charge in [0, 0.05) is 6.54 Å². The molecule has 0 bridgehead atoms. The summed E-state index contributed by atoms with van der Waals surface area (Å²) in [5.74, 6) is -0.301. The Morgan fingerprint density at radius 2 is 2.07 bits per heavy atom. The minimum Gasteiger partial charge on any atom is -0.332 e. The number of halogens is 1. The summed E-state index contributed by atoms with van der Waals surface area (Å²) in [7, 11) is 0. The van der Waals surface area contributed by atoms with Crippen molar-refractivity contribution in [2.24, 2.45) is 5.73 Å². The molecule has 1 aliphatic rings. The molecule has 4 heteroatoms. The molecule has 1 amide bonds. The summed E-state index contributed by atoms with van der Waals surface area (Å²) >= 11 is 0. The van der Waals surface area contributed by atoms with Crippen LogP contribution in [0.4, 0.5) is 4.39 Å². The van der Waals surface area contributed by atoms with E-state index < -0.39 is 0 Å². The van der Waals surface area contributed by atoms with E-state index >= 15 is 0 Å². The highest BCUT2D eigenvalue weighted by atomic mass is 19.1. The number of carbonyl (C=O) groups excluding carboxylic acids is 1. The van der Waals surface area contributed by atoms with Gasteiger partial charge in [0.1, 0.15) is 11.9 Å². The Morgan fingerprint density at radius 3 is 2.53 bits per heavy atom. The van der Waals surface area contributed by atoms with Gasteiger partial charge in [0.25, 0.3) is 0 Å². The zero-order valence-electron chi connectivity index (χ0n) is 8.48. The minimum absolute atomic E-state index is 0.0297. The van der Waals surface area contributed by atoms with Gasteiger partial charge >= 0.3 is 0 Å². The Balaban J connectivity index is 2.11. The molecule has 0 aliphatic carbocycles. The largest absolute Gasteiger partial charge is 0.332 e. The fraction of sp³-hybridized carbons (Fsp3) is 0.364. The summed E-state index contributed by atoms with van der Waals surface area (Å²) in [6.45, 7) is 2.49. The predicted octanol–water partition coefficient (Wildman–Crippen LogP) is 1.06. The van der Waals surface area contributed by atoms with E-state index in [0.29, 0.717) is 6.54 Å². The highest BCUT2D eigenvalue weighted by Crippen LogP contribution is 2.25. The minimum atomic E-state index is -0.354. The third-order valence-corrected chi connectivity index (χ3v) is 2.81. The molecule has 0 spiro atoms. The molecule has 15 heavy (non-hydrogen) atoms. The zero-order valence-corrected chi connectivity index (χ0v) is 8.48. The van der Waals surface area contributed by atoms with Gasteiger partial charge in [-0.3, -0.25) is 4.79 Å². The molecule has 1 saturated heterocycles. The number of β-lactam (4-membered cyclic amide) rings is 1. The lowest BCUT2D eigenvalue weighted by molar-refractivity contribution is -0.145. The van der Waals surface area contributed by atoms with Crippen molar-refractivity contribution in [1.82, 2.24) is 4.90 Å². The third kappa shape index (κ3) is 1.72. The maximum Gasteiger partial charge on any atom is 0.241 e. The summed E-state index contributed by atoms with van der Waals surface area (Å²) in [5.41, 5.74) is 6.43. The van der Waals surface area contributed by atoms with Crippen LogP contribution >= 0.6 is 0 Å². The van der Waals surface area contributed by atoms with Crippen molar-refractivity contribution in [3.05, 3.63) is 35.6 Å². The van der Waals surface area contributed by atoms with Gasteiger partial charge in [0.2, 0.25) is 5.91 Å². The van der Waals surface area contributed by atoms with Crippen LogP contribution in [0.2, 0.25) is 0 Å². The Labute approximate surface area is 87.7 Å². The van der Waals surface area contributed by atoms with E-state index in [1.807, 2.05) is 6.92 Å². The normalized spacial score (nSPS) is 22.5. The predicted molar refractivity (Wildman–Crippen MR) is 54.5 cm³/mol. The van der Waals surface area contributed by atoms with E-state index in [0.717, 1.165) is 5.56 Å². The van der Waals surface area contributed by atoms with Gasteiger partial charge < -0.3 is 10.6 Å². The highest BCUT2D eigenvalue weighted by Gasteiger charge is 2.36. The van der Waals surface area contributed by atoms with Crippen LogP contribution in [0.1, 0.15) is 18.5 Å². The van der Waals surface area contributed by atoms with Crippen LogP contribution in [0.25, 0.3) is 0 Å². The first kappa shape index (κ1) is 10.1. The Kier molecular flexibility index (Phi) is 2.44. The number of nitrogens with two attached hydrogens (primary N) is 1. The fourth-order valence-electron chi connectivity index (χ4n) is 1.75. The molecule has 1 heterocycles. The van der Waals surface area contributed by atoms with Crippen molar-refractivity contribution in [2.45, 2.75) is 19.0 Å². The van der Waals surface area contributed by atoms with Gasteiger partial charge in [-0.1, -0.05) is 12.1 Å². The molecule has 0 aromatic heterocycles. The second-order valence-electron chi connectivity index (χ2n) is 3.82. The number of nitrogens with zero attached hydrogens (tertiary/aromatic N) is 1. The first-order valence-electron chi connectivity index (χ1n) is 4.91. The van der Waals surface area contributed by atoms with Gasteiger partial charge in [-0.05, 0) is 24.6 Å². The standard InChI is InChI=1S/C11H13FN2O/c1-7(14-6-10(13)11(14)15)8-2-4-9(12)5-3-8/h2-5,7,10H,6,13H2,1H3. The Bertz CT molecular complexity index is 377. The lowest BCUT2D eigenvalue weighted by atomic mass is 10.0. The van der Waals surface area contributed by atoms with Crippen molar-refractivity contribution in [3.63, 3.8) is 0 Å². The lowest BCUT2D eigenvalue weighted by Gasteiger charge is -2.40. The number of amides is 1. The van der Waals surface area contributed by atoms with E-state index in [4.69, 9.17) is 5.73 Å². The Hall–Kier alpha value is -1.42. The number of hydrogen-bond donors (Lipinski definition) is 1. The van der Waals surface area contributed by atoms with Gasteiger partial charge in [-0.15, -0.1) is 0 Å². The van der Waals surface area contributed by atoms with E-state index in [-0.39, 0.29) is 23.8 Å². The van der Waals surface area contributed by atoms with Crippen molar-refractivity contribution < 1.29 is 9.18 Å². The summed E-state index contributed by atoms with van der Waals surface area (Å²) in [4.78, 5) is 13.1. The summed E-state index contributed by atoms with van der Waals surface area (Å²) in [6, 6.07) is 5.80. The molecule has 0 saturated carbocycles. The number of rotatable bonds is 2. The van der Waals surface area contributed by atoms with Crippen molar-refractivity contribution in [1.29, 1.82) is 0 Å². The van der Waals surface area contributed by atoms with E-state index in [9.17, 15) is 9.18 Å². The van der Waals surface area contributed by atoms with Gasteiger partial charge in [-0.2, -0.15) is 0 Å². The van der Waals surface area contributed by atoms with Crippen molar-refractivity contribution in [3.8, 4) is 0 Å². The number of likely N-dealkylation sites (tertiary alicyclic amines) is 1. The third-order valence-electron chi connectivity index (χ3n) is 2.81. The monoisotopic (exact) mass is 208 g/mol. The van der Waals surface area contributed by atoms with E-state index in [1.54, 1.807) is 17.0 Å². The second kappa shape index (κ2) is 3.62.